The monoisotopic (exact) mass is 352 g/mol. The summed E-state index contributed by atoms with van der Waals surface area (Å²) in [6.45, 7) is 0.314. The normalized spacial score (nSPS) is 10.2. The molecule has 1 N–H and O–H groups in total. The van der Waals surface area contributed by atoms with Crippen molar-refractivity contribution >= 4 is 12.0 Å². The van der Waals surface area contributed by atoms with E-state index in [0.717, 1.165) is 16.9 Å². The number of methoxy groups -OCH3 is 2. The van der Waals surface area contributed by atoms with E-state index in [1.165, 1.54) is 13.2 Å². The van der Waals surface area contributed by atoms with Gasteiger partial charge in [-0.1, -0.05) is 24.3 Å². The van der Waals surface area contributed by atoms with E-state index in [2.05, 4.69) is 5.32 Å². The molecule has 6 nitrogen and oxygen atoms in total. The SMILES string of the molecule is COc1ccccc1CNC(=O)C=Cc1ccc(OCC#N)c(OC)c1. The van der Waals surface area contributed by atoms with E-state index in [-0.39, 0.29) is 12.5 Å². The van der Waals surface area contributed by atoms with Gasteiger partial charge in [0.1, 0.15) is 11.8 Å². The number of para-hydroxylation sites is 1. The lowest BCUT2D eigenvalue weighted by Gasteiger charge is -2.09. The topological polar surface area (TPSA) is 80.6 Å². The second kappa shape index (κ2) is 9.74. The summed E-state index contributed by atoms with van der Waals surface area (Å²) in [6, 6.07) is 14.6. The average molecular weight is 352 g/mol. The van der Waals surface area contributed by atoms with Crippen molar-refractivity contribution in [3.63, 3.8) is 0 Å². The van der Waals surface area contributed by atoms with E-state index in [1.54, 1.807) is 31.4 Å². The Hall–Kier alpha value is -3.46. The molecule has 0 bridgehead atoms. The zero-order valence-corrected chi connectivity index (χ0v) is 14.7. The van der Waals surface area contributed by atoms with Crippen molar-refractivity contribution in [2.24, 2.45) is 0 Å². The van der Waals surface area contributed by atoms with Gasteiger partial charge in [0.25, 0.3) is 0 Å². The molecule has 0 saturated heterocycles. The molecule has 0 unspecified atom stereocenters. The third-order valence-electron chi connectivity index (χ3n) is 3.55. The zero-order chi connectivity index (χ0) is 18.8. The molecule has 0 saturated carbocycles. The van der Waals surface area contributed by atoms with Crippen LogP contribution in [-0.4, -0.2) is 26.7 Å². The number of amides is 1. The van der Waals surface area contributed by atoms with Gasteiger partial charge >= 0.3 is 0 Å². The standard InChI is InChI=1S/C20H20N2O4/c1-24-17-6-4-3-5-16(17)14-22-20(23)10-8-15-7-9-18(26-12-11-21)19(13-15)25-2/h3-10,13H,12,14H2,1-2H3,(H,22,23). The summed E-state index contributed by atoms with van der Waals surface area (Å²) in [5.41, 5.74) is 1.68. The van der Waals surface area contributed by atoms with Crippen LogP contribution in [0, 0.1) is 11.3 Å². The number of ether oxygens (including phenoxy) is 3. The van der Waals surface area contributed by atoms with Crippen LogP contribution in [0.5, 0.6) is 17.2 Å². The van der Waals surface area contributed by atoms with Crippen molar-refractivity contribution in [2.75, 3.05) is 20.8 Å². The molecule has 0 aromatic heterocycles. The summed E-state index contributed by atoms with van der Waals surface area (Å²) in [4.78, 5) is 12.0. The Labute approximate surface area is 152 Å². The molecule has 0 heterocycles. The first-order valence-electron chi connectivity index (χ1n) is 7.93. The maximum absolute atomic E-state index is 12.0. The molecular formula is C20H20N2O4. The van der Waals surface area contributed by atoms with Crippen molar-refractivity contribution in [1.82, 2.24) is 5.32 Å². The number of nitriles is 1. The summed E-state index contributed by atoms with van der Waals surface area (Å²) in [5, 5.41) is 11.4. The first-order valence-corrected chi connectivity index (χ1v) is 7.93. The highest BCUT2D eigenvalue weighted by Gasteiger charge is 2.05. The number of hydrogen-bond donors (Lipinski definition) is 1. The maximum atomic E-state index is 12.0. The van der Waals surface area contributed by atoms with Gasteiger partial charge in [0, 0.05) is 18.2 Å². The molecule has 2 aromatic carbocycles. The number of carbonyl (C=O) groups excluding carboxylic acids is 1. The Balaban J connectivity index is 1.98. The number of nitrogens with one attached hydrogen (secondary N) is 1. The highest BCUT2D eigenvalue weighted by Crippen LogP contribution is 2.28. The molecule has 2 aromatic rings. The van der Waals surface area contributed by atoms with Crippen molar-refractivity contribution in [3.05, 3.63) is 59.7 Å². The van der Waals surface area contributed by atoms with Gasteiger partial charge < -0.3 is 19.5 Å². The molecule has 26 heavy (non-hydrogen) atoms. The lowest BCUT2D eigenvalue weighted by atomic mass is 10.2. The first-order chi connectivity index (χ1) is 12.7. The number of hydrogen-bond acceptors (Lipinski definition) is 5. The quantitative estimate of drug-likeness (QED) is 0.739. The van der Waals surface area contributed by atoms with E-state index in [9.17, 15) is 4.79 Å². The van der Waals surface area contributed by atoms with Crippen molar-refractivity contribution in [3.8, 4) is 23.3 Å². The third kappa shape index (κ3) is 5.28. The van der Waals surface area contributed by atoms with Gasteiger partial charge in [-0.05, 0) is 29.8 Å². The maximum Gasteiger partial charge on any atom is 0.244 e. The van der Waals surface area contributed by atoms with Crippen LogP contribution in [0.1, 0.15) is 11.1 Å². The lowest BCUT2D eigenvalue weighted by molar-refractivity contribution is -0.116. The zero-order valence-electron chi connectivity index (χ0n) is 14.7. The van der Waals surface area contributed by atoms with E-state index in [0.29, 0.717) is 18.0 Å². The molecule has 1 amide bonds. The van der Waals surface area contributed by atoms with Crippen LogP contribution in [0.2, 0.25) is 0 Å². The van der Waals surface area contributed by atoms with Gasteiger partial charge in [-0.25, -0.2) is 0 Å². The molecule has 6 heteroatoms. The Morgan fingerprint density at radius 2 is 1.88 bits per heavy atom. The van der Waals surface area contributed by atoms with Crippen LogP contribution in [-0.2, 0) is 11.3 Å². The van der Waals surface area contributed by atoms with E-state index in [1.807, 2.05) is 30.3 Å². The summed E-state index contributed by atoms with van der Waals surface area (Å²) < 4.78 is 15.8. The largest absolute Gasteiger partial charge is 0.496 e. The van der Waals surface area contributed by atoms with Crippen LogP contribution in [0.25, 0.3) is 6.08 Å². The Kier molecular flexibility index (Phi) is 7.07. The van der Waals surface area contributed by atoms with E-state index >= 15 is 0 Å². The molecule has 2 rings (SSSR count). The lowest BCUT2D eigenvalue weighted by Crippen LogP contribution is -2.20. The predicted octanol–water partition coefficient (Wildman–Crippen LogP) is 2.94. The third-order valence-corrected chi connectivity index (χ3v) is 3.55. The number of rotatable bonds is 8. The number of nitrogens with zero attached hydrogens (tertiary/aromatic N) is 1. The van der Waals surface area contributed by atoms with Crippen molar-refractivity contribution in [1.29, 1.82) is 5.26 Å². The average Bonchev–Trinajstić information content (AvgIpc) is 2.69. The highest BCUT2D eigenvalue weighted by molar-refractivity contribution is 5.91. The number of benzene rings is 2. The summed E-state index contributed by atoms with van der Waals surface area (Å²) in [5.74, 6) is 1.48. The molecule has 0 atom stereocenters. The van der Waals surface area contributed by atoms with E-state index in [4.69, 9.17) is 19.5 Å². The van der Waals surface area contributed by atoms with E-state index < -0.39 is 0 Å². The van der Waals surface area contributed by atoms with Crippen LogP contribution in [0.15, 0.2) is 48.5 Å². The van der Waals surface area contributed by atoms with Gasteiger partial charge in [-0.15, -0.1) is 0 Å². The summed E-state index contributed by atoms with van der Waals surface area (Å²) in [7, 11) is 3.11. The summed E-state index contributed by atoms with van der Waals surface area (Å²) in [6.07, 6.45) is 3.12. The van der Waals surface area contributed by atoms with Crippen molar-refractivity contribution in [2.45, 2.75) is 6.54 Å². The first kappa shape index (κ1) is 18.9. The minimum Gasteiger partial charge on any atom is -0.496 e. The van der Waals surface area contributed by atoms with Crippen LogP contribution in [0.3, 0.4) is 0 Å². The van der Waals surface area contributed by atoms with Crippen LogP contribution in [0.4, 0.5) is 0 Å². The minimum atomic E-state index is -0.223. The fraction of sp³-hybridized carbons (Fsp3) is 0.200. The van der Waals surface area contributed by atoms with Crippen LogP contribution >= 0.6 is 0 Å². The fourth-order valence-electron chi connectivity index (χ4n) is 2.28. The molecule has 0 aliphatic carbocycles. The molecule has 134 valence electrons. The summed E-state index contributed by atoms with van der Waals surface area (Å²) >= 11 is 0. The second-order valence-electron chi connectivity index (χ2n) is 5.22. The molecule has 0 aliphatic rings. The Morgan fingerprint density at radius 3 is 2.62 bits per heavy atom. The second-order valence-corrected chi connectivity index (χ2v) is 5.22. The predicted molar refractivity (Wildman–Crippen MR) is 98.0 cm³/mol. The molecule has 0 fully saturated rings. The molecule has 0 spiro atoms. The van der Waals surface area contributed by atoms with Gasteiger partial charge in [0.2, 0.25) is 5.91 Å². The molecule has 0 aliphatic heterocycles. The van der Waals surface area contributed by atoms with Crippen molar-refractivity contribution < 1.29 is 19.0 Å². The Morgan fingerprint density at radius 1 is 1.12 bits per heavy atom. The molecular weight excluding hydrogens is 332 g/mol. The van der Waals surface area contributed by atoms with Gasteiger partial charge in [-0.2, -0.15) is 5.26 Å². The van der Waals surface area contributed by atoms with Gasteiger partial charge in [0.05, 0.1) is 14.2 Å². The minimum absolute atomic E-state index is 0.0586. The van der Waals surface area contributed by atoms with Gasteiger partial charge in [0.15, 0.2) is 18.1 Å². The number of carbonyl (C=O) groups is 1. The highest BCUT2D eigenvalue weighted by atomic mass is 16.5. The van der Waals surface area contributed by atoms with Gasteiger partial charge in [-0.3, -0.25) is 4.79 Å². The smallest absolute Gasteiger partial charge is 0.244 e. The van der Waals surface area contributed by atoms with Crippen LogP contribution < -0.4 is 19.5 Å². The molecule has 0 radical (unpaired) electrons. The fourth-order valence-corrected chi connectivity index (χ4v) is 2.28. The Bertz CT molecular complexity index is 825.